The number of aryl methyl sites for hydroxylation is 2. The van der Waals surface area contributed by atoms with Crippen molar-refractivity contribution in [2.24, 2.45) is 10.9 Å². The van der Waals surface area contributed by atoms with Crippen LogP contribution in [0, 0.1) is 6.92 Å². The van der Waals surface area contributed by atoms with Gasteiger partial charge in [-0.2, -0.15) is 5.10 Å². The van der Waals surface area contributed by atoms with Gasteiger partial charge in [-0.05, 0) is 38.1 Å². The third-order valence-corrected chi connectivity index (χ3v) is 3.29. The van der Waals surface area contributed by atoms with Gasteiger partial charge < -0.3 is 15.7 Å². The van der Waals surface area contributed by atoms with E-state index in [0.717, 1.165) is 17.9 Å². The lowest BCUT2D eigenvalue weighted by Crippen LogP contribution is -2.13. The van der Waals surface area contributed by atoms with E-state index >= 15 is 0 Å². The molecule has 1 heterocycles. The van der Waals surface area contributed by atoms with Gasteiger partial charge in [0.1, 0.15) is 12.4 Å². The molecular formula is C14H17ClN4O2. The number of nitrogens with two attached hydrogens (primary N) is 1. The molecule has 0 saturated heterocycles. The summed E-state index contributed by atoms with van der Waals surface area (Å²) in [4.78, 5) is 0. The summed E-state index contributed by atoms with van der Waals surface area (Å²) in [6.45, 7) is 5.11. The van der Waals surface area contributed by atoms with E-state index in [0.29, 0.717) is 22.9 Å². The molecule has 0 atom stereocenters. The van der Waals surface area contributed by atoms with Gasteiger partial charge in [0.15, 0.2) is 5.84 Å². The number of hydrogen-bond donors (Lipinski definition) is 2. The summed E-state index contributed by atoms with van der Waals surface area (Å²) in [7, 11) is 0. The van der Waals surface area contributed by atoms with Crippen molar-refractivity contribution in [1.82, 2.24) is 9.78 Å². The number of rotatable bonds is 5. The van der Waals surface area contributed by atoms with Crippen molar-refractivity contribution in [3.8, 4) is 5.75 Å². The quantitative estimate of drug-likeness (QED) is 0.385. The van der Waals surface area contributed by atoms with E-state index in [4.69, 9.17) is 27.3 Å². The number of amidine groups is 1. The molecule has 0 bridgehead atoms. The second kappa shape index (κ2) is 6.49. The molecule has 0 aliphatic heterocycles. The highest BCUT2D eigenvalue weighted by molar-refractivity contribution is 6.32. The van der Waals surface area contributed by atoms with Crippen LogP contribution in [0.5, 0.6) is 5.75 Å². The van der Waals surface area contributed by atoms with Crippen molar-refractivity contribution < 1.29 is 9.94 Å². The molecule has 0 unspecified atom stereocenters. The van der Waals surface area contributed by atoms with E-state index in [1.807, 2.05) is 24.6 Å². The van der Waals surface area contributed by atoms with Crippen molar-refractivity contribution in [3.63, 3.8) is 0 Å². The number of ether oxygens (including phenoxy) is 1. The average molecular weight is 309 g/mol. The van der Waals surface area contributed by atoms with Crippen LogP contribution in [-0.2, 0) is 13.2 Å². The van der Waals surface area contributed by atoms with Gasteiger partial charge >= 0.3 is 0 Å². The molecule has 112 valence electrons. The van der Waals surface area contributed by atoms with Crippen LogP contribution in [0.4, 0.5) is 0 Å². The molecular weight excluding hydrogens is 292 g/mol. The van der Waals surface area contributed by atoms with E-state index in [1.165, 1.54) is 0 Å². The monoisotopic (exact) mass is 308 g/mol. The molecule has 1 aromatic heterocycles. The Morgan fingerprint density at radius 1 is 1.48 bits per heavy atom. The van der Waals surface area contributed by atoms with Gasteiger partial charge in [0.05, 0.1) is 16.4 Å². The minimum absolute atomic E-state index is 0.00290. The van der Waals surface area contributed by atoms with E-state index in [9.17, 15) is 0 Å². The number of nitrogens with zero attached hydrogens (tertiary/aromatic N) is 3. The van der Waals surface area contributed by atoms with Gasteiger partial charge in [-0.3, -0.25) is 4.68 Å². The van der Waals surface area contributed by atoms with Crippen LogP contribution in [0.2, 0.25) is 5.02 Å². The van der Waals surface area contributed by atoms with Crippen LogP contribution in [0.1, 0.15) is 23.9 Å². The zero-order valence-electron chi connectivity index (χ0n) is 11.9. The molecule has 2 aromatic rings. The van der Waals surface area contributed by atoms with Crippen molar-refractivity contribution >= 4 is 17.4 Å². The van der Waals surface area contributed by atoms with Crippen LogP contribution >= 0.6 is 11.6 Å². The largest absolute Gasteiger partial charge is 0.486 e. The molecule has 0 radical (unpaired) electrons. The highest BCUT2D eigenvalue weighted by Crippen LogP contribution is 2.26. The summed E-state index contributed by atoms with van der Waals surface area (Å²) in [5.41, 5.74) is 7.97. The van der Waals surface area contributed by atoms with Crippen molar-refractivity contribution in [2.45, 2.75) is 27.0 Å². The van der Waals surface area contributed by atoms with E-state index in [2.05, 4.69) is 10.3 Å². The highest BCUT2D eigenvalue weighted by atomic mass is 35.5. The number of halogens is 1. The number of aromatic nitrogens is 2. The van der Waals surface area contributed by atoms with Crippen LogP contribution in [0.3, 0.4) is 0 Å². The molecule has 0 aliphatic carbocycles. The standard InChI is InChI=1S/C14H17ClN4O2/c1-3-19-11(6-9(2)17-19)8-21-13-5-4-10(7-12(13)15)14(16)18-20/h4-7,20H,3,8H2,1-2H3,(H2,16,18). The summed E-state index contributed by atoms with van der Waals surface area (Å²) in [6.07, 6.45) is 0. The summed E-state index contributed by atoms with van der Waals surface area (Å²) < 4.78 is 7.59. The lowest BCUT2D eigenvalue weighted by Gasteiger charge is -2.10. The number of oxime groups is 1. The van der Waals surface area contributed by atoms with Gasteiger partial charge in [0, 0.05) is 12.1 Å². The second-order valence-corrected chi connectivity index (χ2v) is 4.92. The predicted octanol–water partition coefficient (Wildman–Crippen LogP) is 2.54. The zero-order valence-corrected chi connectivity index (χ0v) is 12.6. The number of benzene rings is 1. The van der Waals surface area contributed by atoms with Gasteiger partial charge in [0.25, 0.3) is 0 Å². The molecule has 1 aromatic carbocycles. The zero-order chi connectivity index (χ0) is 15.4. The molecule has 7 heteroatoms. The Balaban J connectivity index is 2.13. The molecule has 6 nitrogen and oxygen atoms in total. The fourth-order valence-electron chi connectivity index (χ4n) is 1.98. The average Bonchev–Trinajstić information content (AvgIpc) is 2.85. The third kappa shape index (κ3) is 3.46. The summed E-state index contributed by atoms with van der Waals surface area (Å²) in [5, 5.41) is 16.3. The van der Waals surface area contributed by atoms with Crippen LogP contribution in [-0.4, -0.2) is 20.8 Å². The third-order valence-electron chi connectivity index (χ3n) is 3.00. The first-order valence-corrected chi connectivity index (χ1v) is 6.86. The maximum absolute atomic E-state index is 8.64. The normalized spacial score (nSPS) is 11.7. The molecule has 2 rings (SSSR count). The van der Waals surface area contributed by atoms with Gasteiger partial charge in [0.2, 0.25) is 0 Å². The summed E-state index contributed by atoms with van der Waals surface area (Å²) in [6, 6.07) is 6.93. The molecule has 0 spiro atoms. The Labute approximate surface area is 127 Å². The molecule has 21 heavy (non-hydrogen) atoms. The van der Waals surface area contributed by atoms with Crippen LogP contribution < -0.4 is 10.5 Å². The number of hydrogen-bond acceptors (Lipinski definition) is 4. The molecule has 0 amide bonds. The Bertz CT molecular complexity index is 667. The fraction of sp³-hybridized carbons (Fsp3) is 0.286. The van der Waals surface area contributed by atoms with Gasteiger partial charge in [-0.15, -0.1) is 0 Å². The Morgan fingerprint density at radius 3 is 2.86 bits per heavy atom. The predicted molar refractivity (Wildman–Crippen MR) is 80.9 cm³/mol. The van der Waals surface area contributed by atoms with E-state index in [-0.39, 0.29) is 5.84 Å². The van der Waals surface area contributed by atoms with Crippen molar-refractivity contribution in [3.05, 3.63) is 46.2 Å². The lowest BCUT2D eigenvalue weighted by atomic mass is 10.2. The SMILES string of the molecule is CCn1nc(C)cc1COc1ccc(C(N)=NO)cc1Cl. The molecule has 3 N–H and O–H groups in total. The van der Waals surface area contributed by atoms with Crippen LogP contribution in [0.25, 0.3) is 0 Å². The highest BCUT2D eigenvalue weighted by Gasteiger charge is 2.09. The Hall–Kier alpha value is -2.21. The minimum atomic E-state index is 0.00290. The summed E-state index contributed by atoms with van der Waals surface area (Å²) in [5.74, 6) is 0.538. The van der Waals surface area contributed by atoms with Crippen molar-refractivity contribution in [1.29, 1.82) is 0 Å². The first-order chi connectivity index (χ1) is 10.0. The Kier molecular flexibility index (Phi) is 4.70. The molecule has 0 fully saturated rings. The maximum Gasteiger partial charge on any atom is 0.170 e. The second-order valence-electron chi connectivity index (χ2n) is 4.51. The molecule has 0 aliphatic rings. The van der Waals surface area contributed by atoms with Gasteiger partial charge in [-0.25, -0.2) is 0 Å². The van der Waals surface area contributed by atoms with Gasteiger partial charge in [-0.1, -0.05) is 16.8 Å². The first kappa shape index (κ1) is 15.2. The topological polar surface area (TPSA) is 85.7 Å². The molecule has 0 saturated carbocycles. The summed E-state index contributed by atoms with van der Waals surface area (Å²) >= 11 is 6.14. The smallest absolute Gasteiger partial charge is 0.170 e. The van der Waals surface area contributed by atoms with E-state index < -0.39 is 0 Å². The maximum atomic E-state index is 8.64. The van der Waals surface area contributed by atoms with Crippen LogP contribution in [0.15, 0.2) is 29.4 Å². The van der Waals surface area contributed by atoms with E-state index in [1.54, 1.807) is 18.2 Å². The lowest BCUT2D eigenvalue weighted by molar-refractivity contribution is 0.292. The minimum Gasteiger partial charge on any atom is -0.486 e. The van der Waals surface area contributed by atoms with Crippen molar-refractivity contribution in [2.75, 3.05) is 0 Å². The Morgan fingerprint density at radius 2 is 2.24 bits per heavy atom. The first-order valence-electron chi connectivity index (χ1n) is 6.48. The fourth-order valence-corrected chi connectivity index (χ4v) is 2.21.